The van der Waals surface area contributed by atoms with Crippen LogP contribution in [-0.4, -0.2) is 34.7 Å². The summed E-state index contributed by atoms with van der Waals surface area (Å²) in [7, 11) is 0. The van der Waals surface area contributed by atoms with E-state index in [9.17, 15) is 0 Å². The van der Waals surface area contributed by atoms with Crippen LogP contribution < -0.4 is 29.6 Å². The van der Waals surface area contributed by atoms with E-state index in [1.807, 2.05) is 0 Å². The fourth-order valence-corrected chi connectivity index (χ4v) is 0. The predicted octanol–water partition coefficient (Wildman–Crippen LogP) is -3.78. The van der Waals surface area contributed by atoms with E-state index in [1.54, 1.807) is 0 Å². The van der Waals surface area contributed by atoms with Gasteiger partial charge in [-0.15, -0.1) is 12.4 Å². The quantitative estimate of drug-likeness (QED) is 0.287. The molecular formula is H7Al2ClNa+3. The summed E-state index contributed by atoms with van der Waals surface area (Å²) in [5.41, 5.74) is 0. The molecular weight excluding hydrogens is 112 g/mol. The second-order valence-electron chi connectivity index (χ2n) is 0. The van der Waals surface area contributed by atoms with Crippen molar-refractivity contribution in [2.75, 3.05) is 0 Å². The second-order valence-corrected chi connectivity index (χ2v) is 0. The maximum Gasteiger partial charge on any atom is 3.00 e. The van der Waals surface area contributed by atoms with Crippen LogP contribution in [0.2, 0.25) is 0 Å². The Labute approximate surface area is 78.7 Å². The molecule has 0 aromatic heterocycles. The van der Waals surface area contributed by atoms with Crippen molar-refractivity contribution >= 4 is 47.1 Å². The van der Waals surface area contributed by atoms with Crippen LogP contribution in [0.5, 0.6) is 0 Å². The van der Waals surface area contributed by atoms with E-state index in [1.165, 1.54) is 0 Å². The molecule has 0 saturated carbocycles. The summed E-state index contributed by atoms with van der Waals surface area (Å²) in [5, 5.41) is 0. The summed E-state index contributed by atoms with van der Waals surface area (Å²) >= 11 is 0. The molecule has 0 heterocycles. The van der Waals surface area contributed by atoms with Crippen molar-refractivity contribution in [3.63, 3.8) is 0 Å². The predicted molar refractivity (Wildman–Crippen MR) is 26.2 cm³/mol. The molecule has 0 rings (SSSR count). The molecule has 0 atom stereocenters. The van der Waals surface area contributed by atoms with Gasteiger partial charge in [-0.25, -0.2) is 0 Å². The van der Waals surface area contributed by atoms with Crippen molar-refractivity contribution in [1.29, 1.82) is 0 Å². The van der Waals surface area contributed by atoms with Crippen molar-refractivity contribution in [2.24, 2.45) is 0 Å². The van der Waals surface area contributed by atoms with E-state index < -0.39 is 0 Å². The fraction of sp³-hybridized carbons (Fsp3) is 0. The molecule has 0 N–H and O–H groups in total. The second kappa shape index (κ2) is 18.3. The smallest absolute Gasteiger partial charge is 1.00 e. The van der Waals surface area contributed by atoms with Crippen molar-refractivity contribution < 1.29 is 32.4 Å². The summed E-state index contributed by atoms with van der Waals surface area (Å²) < 4.78 is 0. The van der Waals surface area contributed by atoms with Gasteiger partial charge in [-0.2, -0.15) is 0 Å². The molecule has 4 heteroatoms. The van der Waals surface area contributed by atoms with Crippen LogP contribution in [0.4, 0.5) is 0 Å². The van der Waals surface area contributed by atoms with E-state index in [0.717, 1.165) is 0 Å². The molecule has 18 valence electrons. The molecule has 0 aromatic rings. The van der Waals surface area contributed by atoms with Gasteiger partial charge in [-0.05, 0) is 0 Å². The molecule has 0 radical (unpaired) electrons. The molecule has 0 nitrogen and oxygen atoms in total. The maximum absolute atomic E-state index is 0. The fourth-order valence-electron chi connectivity index (χ4n) is 0. The van der Waals surface area contributed by atoms with E-state index >= 15 is 0 Å². The first-order chi connectivity index (χ1) is 0. The minimum Gasteiger partial charge on any atom is -1.00 e. The van der Waals surface area contributed by atoms with Crippen molar-refractivity contribution in [1.82, 2.24) is 0 Å². The van der Waals surface area contributed by atoms with Gasteiger partial charge in [0.25, 0.3) is 0 Å². The van der Waals surface area contributed by atoms with Gasteiger partial charge in [0, 0.05) is 1.43 Å². The van der Waals surface area contributed by atoms with Crippen LogP contribution in [0.25, 0.3) is 0 Å². The van der Waals surface area contributed by atoms with Crippen LogP contribution in [0.3, 0.4) is 0 Å². The summed E-state index contributed by atoms with van der Waals surface area (Å²) in [6.07, 6.45) is 0. The van der Waals surface area contributed by atoms with Crippen molar-refractivity contribution in [3.8, 4) is 0 Å². The van der Waals surface area contributed by atoms with Gasteiger partial charge in [0.05, 0.1) is 0 Å². The van der Waals surface area contributed by atoms with E-state index in [0.29, 0.717) is 0 Å². The van der Waals surface area contributed by atoms with Crippen molar-refractivity contribution in [3.05, 3.63) is 0 Å². The van der Waals surface area contributed by atoms with Crippen LogP contribution >= 0.6 is 12.4 Å². The Morgan fingerprint density at radius 1 is 1.50 bits per heavy atom. The van der Waals surface area contributed by atoms with Crippen LogP contribution in [0, 0.1) is 0 Å². The van der Waals surface area contributed by atoms with Crippen LogP contribution in [-0.2, 0) is 0 Å². The number of hydrogen-bond donors (Lipinski definition) is 0. The Morgan fingerprint density at radius 3 is 1.50 bits per heavy atom. The summed E-state index contributed by atoms with van der Waals surface area (Å²) in [6, 6.07) is 0. The molecule has 0 amide bonds. The number of hydrogen-bond acceptors (Lipinski definition) is 0. The van der Waals surface area contributed by atoms with E-state index in [-0.39, 0.29) is 79.5 Å². The van der Waals surface area contributed by atoms with Gasteiger partial charge in [0.15, 0.2) is 17.4 Å². The topological polar surface area (TPSA) is 0 Å². The molecule has 4 heavy (non-hydrogen) atoms. The largest absolute Gasteiger partial charge is 3.00 e. The minimum absolute atomic E-state index is 0. The van der Waals surface area contributed by atoms with Crippen LogP contribution in [0.15, 0.2) is 0 Å². The van der Waals surface area contributed by atoms with Crippen molar-refractivity contribution in [2.45, 2.75) is 0 Å². The molecule has 0 aromatic carbocycles. The molecule has 0 unspecified atom stereocenters. The summed E-state index contributed by atoms with van der Waals surface area (Å²) in [4.78, 5) is 0. The monoisotopic (exact) mass is 119 g/mol. The Balaban J connectivity index is 0. The molecule has 0 saturated heterocycles. The molecule has 0 spiro atoms. The van der Waals surface area contributed by atoms with Gasteiger partial charge in [-0.3, -0.25) is 0 Å². The zero-order valence-corrected chi connectivity index (χ0v) is 5.96. The summed E-state index contributed by atoms with van der Waals surface area (Å²) in [5.74, 6) is 0. The Bertz CT molecular complexity index is 11.5. The average molecular weight is 119 g/mol. The third-order valence-electron chi connectivity index (χ3n) is 0. The SMILES string of the molecule is Cl.[Al+3].[AlH3].[H-].[HH].[Na+]. The molecule has 0 fully saturated rings. The first-order valence-corrected chi connectivity index (χ1v) is 0. The molecule has 0 aliphatic heterocycles. The first kappa shape index (κ1) is 32.9. The zero-order valence-electron chi connectivity index (χ0n) is 2.99. The van der Waals surface area contributed by atoms with Gasteiger partial charge < -0.3 is 1.43 Å². The number of halogens is 1. The standard InChI is InChI=1S/2Al.ClH.Na.H2.4H/h;;1H;;1H;;;;/q;+3;;+1;;;;;-1. The van der Waals surface area contributed by atoms with Gasteiger partial charge in [0.1, 0.15) is 0 Å². The number of rotatable bonds is 0. The average Bonchev–Trinajstić information content (AvgIpc) is 0. The third kappa shape index (κ3) is 8.84. The molecule has 0 aliphatic rings. The zero-order chi connectivity index (χ0) is 0. The van der Waals surface area contributed by atoms with E-state index in [4.69, 9.17) is 0 Å². The Morgan fingerprint density at radius 2 is 1.50 bits per heavy atom. The Kier molecular flexibility index (Phi) is 150. The summed E-state index contributed by atoms with van der Waals surface area (Å²) in [6.45, 7) is 0. The first-order valence-electron chi connectivity index (χ1n) is 0. The van der Waals surface area contributed by atoms with E-state index in [2.05, 4.69) is 0 Å². The van der Waals surface area contributed by atoms with Gasteiger partial charge in [-0.1, -0.05) is 0 Å². The normalized spacial score (nSPS) is 0. The third-order valence-corrected chi connectivity index (χ3v) is 0. The Hall–Kier alpha value is 2.35. The molecule has 0 bridgehead atoms. The van der Waals surface area contributed by atoms with Gasteiger partial charge in [0.2, 0.25) is 0 Å². The maximum atomic E-state index is 0. The minimum atomic E-state index is 0. The molecule has 0 aliphatic carbocycles. The van der Waals surface area contributed by atoms with Gasteiger partial charge >= 0.3 is 46.9 Å². The van der Waals surface area contributed by atoms with Crippen LogP contribution in [0.1, 0.15) is 2.85 Å².